The Morgan fingerprint density at radius 2 is 1.95 bits per heavy atom. The van der Waals surface area contributed by atoms with Crippen molar-refractivity contribution in [2.75, 3.05) is 26.7 Å². The molecule has 21 heavy (non-hydrogen) atoms. The third kappa shape index (κ3) is 3.67. The van der Waals surface area contributed by atoms with Crippen LogP contribution in [0, 0.1) is 11.3 Å². The summed E-state index contributed by atoms with van der Waals surface area (Å²) >= 11 is 0. The molecule has 1 saturated heterocycles. The molecule has 0 spiro atoms. The Labute approximate surface area is 126 Å². The molecule has 6 heteroatoms. The topological polar surface area (TPSA) is 91.0 Å². The Balaban J connectivity index is 1.93. The third-order valence-electron chi connectivity index (χ3n) is 5.13. The molecule has 1 aliphatic carbocycles. The van der Waals surface area contributed by atoms with E-state index in [1.54, 1.807) is 0 Å². The summed E-state index contributed by atoms with van der Waals surface area (Å²) in [5.74, 6) is 0.553. The summed E-state index contributed by atoms with van der Waals surface area (Å²) in [5.41, 5.74) is 5.05. The van der Waals surface area contributed by atoms with Crippen LogP contribution in [-0.2, 0) is 4.79 Å². The molecule has 0 aromatic rings. The number of nitrogens with two attached hydrogens (primary N) is 1. The maximum absolute atomic E-state index is 12.6. The van der Waals surface area contributed by atoms with Gasteiger partial charge in [-0.15, -0.1) is 0 Å². The van der Waals surface area contributed by atoms with Gasteiger partial charge in [-0.3, -0.25) is 4.79 Å². The van der Waals surface area contributed by atoms with Gasteiger partial charge in [0.05, 0.1) is 0 Å². The summed E-state index contributed by atoms with van der Waals surface area (Å²) in [4.78, 5) is 15.0. The third-order valence-corrected chi connectivity index (χ3v) is 5.13. The fourth-order valence-electron chi connectivity index (χ4n) is 3.52. The first-order chi connectivity index (χ1) is 10.1. The highest BCUT2D eigenvalue weighted by Crippen LogP contribution is 2.37. The van der Waals surface area contributed by atoms with Gasteiger partial charge in [-0.1, -0.05) is 24.4 Å². The molecule has 1 saturated carbocycles. The molecular formula is C15H28N4O2. The zero-order valence-corrected chi connectivity index (χ0v) is 13.0. The van der Waals surface area contributed by atoms with Crippen LogP contribution in [0.3, 0.4) is 0 Å². The standard InChI is InChI=1S/C15H28N4O2/c1-19-9-5-12(6-10-19)11-17-14(20)15(13(16)18-21)7-3-2-4-8-15/h12,21H,2-11H2,1H3,(H2,16,18)(H,17,20). The average Bonchev–Trinajstić information content (AvgIpc) is 2.53. The predicted octanol–water partition coefficient (Wildman–Crippen LogP) is 1.14. The number of amides is 1. The Hall–Kier alpha value is -1.30. The Morgan fingerprint density at radius 1 is 1.33 bits per heavy atom. The quantitative estimate of drug-likeness (QED) is 0.314. The van der Waals surface area contributed by atoms with Crippen LogP contribution in [0.1, 0.15) is 44.9 Å². The number of likely N-dealkylation sites (tertiary alicyclic amines) is 1. The van der Waals surface area contributed by atoms with Crippen LogP contribution in [0.5, 0.6) is 0 Å². The number of hydrogen-bond acceptors (Lipinski definition) is 4. The van der Waals surface area contributed by atoms with Crippen molar-refractivity contribution in [3.8, 4) is 0 Å². The zero-order valence-electron chi connectivity index (χ0n) is 13.0. The van der Waals surface area contributed by atoms with E-state index < -0.39 is 5.41 Å². The number of nitrogens with one attached hydrogen (secondary N) is 1. The first-order valence-electron chi connectivity index (χ1n) is 8.03. The minimum Gasteiger partial charge on any atom is -0.409 e. The number of oxime groups is 1. The number of hydrogen-bond donors (Lipinski definition) is 3. The fourth-order valence-corrected chi connectivity index (χ4v) is 3.52. The Bertz CT molecular complexity index is 383. The van der Waals surface area contributed by atoms with Crippen molar-refractivity contribution in [2.45, 2.75) is 44.9 Å². The summed E-state index contributed by atoms with van der Waals surface area (Å²) in [6.07, 6.45) is 6.63. The van der Waals surface area contributed by atoms with E-state index >= 15 is 0 Å². The van der Waals surface area contributed by atoms with Crippen molar-refractivity contribution in [3.05, 3.63) is 0 Å². The predicted molar refractivity (Wildman–Crippen MR) is 82.2 cm³/mol. The summed E-state index contributed by atoms with van der Waals surface area (Å²) in [6.45, 7) is 2.88. The minimum absolute atomic E-state index is 0.0589. The molecule has 120 valence electrons. The average molecular weight is 296 g/mol. The number of nitrogens with zero attached hydrogens (tertiary/aromatic N) is 2. The van der Waals surface area contributed by atoms with Gasteiger partial charge in [0, 0.05) is 6.54 Å². The van der Waals surface area contributed by atoms with Gasteiger partial charge in [-0.05, 0) is 51.7 Å². The molecule has 0 bridgehead atoms. The minimum atomic E-state index is -0.793. The van der Waals surface area contributed by atoms with Gasteiger partial charge in [-0.2, -0.15) is 0 Å². The number of rotatable bonds is 4. The van der Waals surface area contributed by atoms with Gasteiger partial charge in [0.15, 0.2) is 5.84 Å². The highest BCUT2D eigenvalue weighted by molar-refractivity contribution is 6.06. The van der Waals surface area contributed by atoms with Crippen LogP contribution in [0.25, 0.3) is 0 Å². The van der Waals surface area contributed by atoms with Crippen LogP contribution >= 0.6 is 0 Å². The molecule has 6 nitrogen and oxygen atoms in total. The summed E-state index contributed by atoms with van der Waals surface area (Å²) in [7, 11) is 2.13. The van der Waals surface area contributed by atoms with Crippen LogP contribution in [0.15, 0.2) is 5.16 Å². The SMILES string of the molecule is CN1CCC(CNC(=O)C2(C(N)=NO)CCCCC2)CC1. The number of carbonyl (C=O) groups excluding carboxylic acids is 1. The lowest BCUT2D eigenvalue weighted by Gasteiger charge is -2.35. The van der Waals surface area contributed by atoms with Crippen LogP contribution < -0.4 is 11.1 Å². The highest BCUT2D eigenvalue weighted by Gasteiger charge is 2.43. The molecule has 4 N–H and O–H groups in total. The van der Waals surface area contributed by atoms with Gasteiger partial charge in [0.25, 0.3) is 0 Å². The van der Waals surface area contributed by atoms with E-state index in [-0.39, 0.29) is 11.7 Å². The molecule has 0 radical (unpaired) electrons. The Morgan fingerprint density at radius 3 is 2.52 bits per heavy atom. The van der Waals surface area contributed by atoms with Crippen molar-refractivity contribution in [2.24, 2.45) is 22.2 Å². The zero-order chi connectivity index (χ0) is 15.3. The molecule has 0 aromatic heterocycles. The number of piperidine rings is 1. The van der Waals surface area contributed by atoms with Crippen molar-refractivity contribution in [1.29, 1.82) is 0 Å². The van der Waals surface area contributed by atoms with E-state index in [0.717, 1.165) is 45.2 Å². The summed E-state index contributed by atoms with van der Waals surface area (Å²) in [5, 5.41) is 15.2. The molecular weight excluding hydrogens is 268 g/mol. The van der Waals surface area contributed by atoms with Crippen LogP contribution in [0.2, 0.25) is 0 Å². The molecule has 1 aliphatic heterocycles. The van der Waals surface area contributed by atoms with Gasteiger partial charge >= 0.3 is 0 Å². The lowest BCUT2D eigenvalue weighted by Crippen LogP contribution is -2.52. The van der Waals surface area contributed by atoms with E-state index in [1.165, 1.54) is 0 Å². The molecule has 1 amide bonds. The largest absolute Gasteiger partial charge is 0.409 e. The van der Waals surface area contributed by atoms with E-state index in [4.69, 9.17) is 10.9 Å². The maximum Gasteiger partial charge on any atom is 0.233 e. The van der Waals surface area contributed by atoms with Crippen molar-refractivity contribution in [3.63, 3.8) is 0 Å². The first-order valence-corrected chi connectivity index (χ1v) is 8.03. The summed E-state index contributed by atoms with van der Waals surface area (Å²) < 4.78 is 0. The molecule has 0 atom stereocenters. The second kappa shape index (κ2) is 7.11. The second-order valence-corrected chi connectivity index (χ2v) is 6.58. The molecule has 2 aliphatic rings. The lowest BCUT2D eigenvalue weighted by atomic mass is 9.72. The van der Waals surface area contributed by atoms with Gasteiger partial charge in [-0.25, -0.2) is 0 Å². The van der Waals surface area contributed by atoms with E-state index in [9.17, 15) is 4.79 Å². The fraction of sp³-hybridized carbons (Fsp3) is 0.867. The van der Waals surface area contributed by atoms with Crippen molar-refractivity contribution in [1.82, 2.24) is 10.2 Å². The molecule has 2 rings (SSSR count). The molecule has 0 aromatic carbocycles. The monoisotopic (exact) mass is 296 g/mol. The highest BCUT2D eigenvalue weighted by atomic mass is 16.4. The van der Waals surface area contributed by atoms with E-state index in [0.29, 0.717) is 25.3 Å². The van der Waals surface area contributed by atoms with Gasteiger partial charge < -0.3 is 21.2 Å². The molecule has 1 heterocycles. The molecule has 0 unspecified atom stereocenters. The van der Waals surface area contributed by atoms with Crippen LogP contribution in [-0.4, -0.2) is 48.5 Å². The molecule has 2 fully saturated rings. The first kappa shape index (κ1) is 16.1. The second-order valence-electron chi connectivity index (χ2n) is 6.58. The normalized spacial score (nSPS) is 24.7. The van der Waals surface area contributed by atoms with Gasteiger partial charge in [0.2, 0.25) is 5.91 Å². The Kier molecular flexibility index (Phi) is 5.45. The van der Waals surface area contributed by atoms with E-state index in [1.807, 2.05) is 0 Å². The van der Waals surface area contributed by atoms with Crippen LogP contribution in [0.4, 0.5) is 0 Å². The van der Waals surface area contributed by atoms with Gasteiger partial charge in [0.1, 0.15) is 5.41 Å². The van der Waals surface area contributed by atoms with Crippen molar-refractivity contribution < 1.29 is 10.0 Å². The summed E-state index contributed by atoms with van der Waals surface area (Å²) in [6, 6.07) is 0. The maximum atomic E-state index is 12.6. The van der Waals surface area contributed by atoms with Crippen molar-refractivity contribution >= 4 is 11.7 Å². The van der Waals surface area contributed by atoms with E-state index in [2.05, 4.69) is 22.4 Å². The smallest absolute Gasteiger partial charge is 0.233 e. The number of amidine groups is 1. The lowest BCUT2D eigenvalue weighted by molar-refractivity contribution is -0.129. The number of carbonyl (C=O) groups is 1.